The van der Waals surface area contributed by atoms with E-state index in [0.29, 0.717) is 12.0 Å². The lowest BCUT2D eigenvalue weighted by Crippen LogP contribution is -2.24. The highest BCUT2D eigenvalue weighted by atomic mass is 19.2. The van der Waals surface area contributed by atoms with Crippen molar-refractivity contribution in [3.63, 3.8) is 0 Å². The van der Waals surface area contributed by atoms with Crippen molar-refractivity contribution in [3.8, 4) is 0 Å². The fourth-order valence-corrected chi connectivity index (χ4v) is 2.34. The summed E-state index contributed by atoms with van der Waals surface area (Å²) in [5, 5.41) is 3.39. The maximum absolute atomic E-state index is 13.9. The first-order chi connectivity index (χ1) is 10.1. The molecule has 2 nitrogen and oxygen atoms in total. The molecule has 1 N–H and O–H groups in total. The number of hydrogen-bond donors (Lipinski definition) is 1. The van der Waals surface area contributed by atoms with E-state index in [0.717, 1.165) is 30.3 Å². The first kappa shape index (κ1) is 15.6. The van der Waals surface area contributed by atoms with E-state index in [4.69, 9.17) is 0 Å². The molecule has 1 unspecified atom stereocenters. The van der Waals surface area contributed by atoms with Crippen LogP contribution in [0, 0.1) is 18.6 Å². The van der Waals surface area contributed by atoms with Crippen LogP contribution >= 0.6 is 0 Å². The molecule has 0 spiro atoms. The Morgan fingerprint density at radius 1 is 1.24 bits per heavy atom. The fourth-order valence-electron chi connectivity index (χ4n) is 2.34. The van der Waals surface area contributed by atoms with Gasteiger partial charge >= 0.3 is 0 Å². The molecule has 0 aliphatic rings. The van der Waals surface area contributed by atoms with Crippen molar-refractivity contribution in [1.29, 1.82) is 0 Å². The summed E-state index contributed by atoms with van der Waals surface area (Å²) in [7, 11) is 0. The number of hydrogen-bond acceptors (Lipinski definition) is 2. The first-order valence-corrected chi connectivity index (χ1v) is 7.20. The first-order valence-electron chi connectivity index (χ1n) is 7.20. The quantitative estimate of drug-likeness (QED) is 0.871. The van der Waals surface area contributed by atoms with Gasteiger partial charge in [0.15, 0.2) is 11.6 Å². The van der Waals surface area contributed by atoms with Gasteiger partial charge < -0.3 is 5.32 Å². The van der Waals surface area contributed by atoms with Crippen LogP contribution in [0.25, 0.3) is 0 Å². The number of rotatable bonds is 6. The third-order valence-corrected chi connectivity index (χ3v) is 3.42. The van der Waals surface area contributed by atoms with Crippen LogP contribution in [-0.2, 0) is 6.42 Å². The van der Waals surface area contributed by atoms with E-state index >= 15 is 0 Å². The van der Waals surface area contributed by atoms with Gasteiger partial charge in [-0.2, -0.15) is 0 Å². The van der Waals surface area contributed by atoms with Crippen LogP contribution in [0.1, 0.15) is 36.2 Å². The SMILES string of the molecule is CCCNC(Cc1cccc(F)c1F)c1ccnc(C)c1. The average Bonchev–Trinajstić information content (AvgIpc) is 2.47. The molecular formula is C17H20F2N2. The second-order valence-corrected chi connectivity index (χ2v) is 5.15. The lowest BCUT2D eigenvalue weighted by atomic mass is 9.98. The Balaban J connectivity index is 2.26. The summed E-state index contributed by atoms with van der Waals surface area (Å²) in [5.74, 6) is -1.56. The zero-order chi connectivity index (χ0) is 15.2. The minimum Gasteiger partial charge on any atom is -0.310 e. The highest BCUT2D eigenvalue weighted by Gasteiger charge is 2.16. The van der Waals surface area contributed by atoms with E-state index in [2.05, 4.69) is 17.2 Å². The van der Waals surface area contributed by atoms with Crippen molar-refractivity contribution in [1.82, 2.24) is 10.3 Å². The molecule has 0 fully saturated rings. The fraction of sp³-hybridized carbons (Fsp3) is 0.353. The van der Waals surface area contributed by atoms with Gasteiger partial charge in [0.1, 0.15) is 0 Å². The van der Waals surface area contributed by atoms with E-state index in [-0.39, 0.29) is 6.04 Å². The molecule has 1 aromatic carbocycles. The van der Waals surface area contributed by atoms with Crippen molar-refractivity contribution in [2.24, 2.45) is 0 Å². The molecule has 0 aliphatic heterocycles. The van der Waals surface area contributed by atoms with Crippen molar-refractivity contribution in [3.05, 3.63) is 65.0 Å². The van der Waals surface area contributed by atoms with Crippen LogP contribution < -0.4 is 5.32 Å². The molecule has 2 aromatic rings. The van der Waals surface area contributed by atoms with Gasteiger partial charge in [-0.15, -0.1) is 0 Å². The van der Waals surface area contributed by atoms with Crippen LogP contribution in [0.5, 0.6) is 0 Å². The molecule has 0 saturated heterocycles. The van der Waals surface area contributed by atoms with Crippen LogP contribution in [0.2, 0.25) is 0 Å². The molecule has 0 radical (unpaired) electrons. The van der Waals surface area contributed by atoms with E-state index in [1.165, 1.54) is 0 Å². The summed E-state index contributed by atoms with van der Waals surface area (Å²) >= 11 is 0. The summed E-state index contributed by atoms with van der Waals surface area (Å²) < 4.78 is 27.2. The Hall–Kier alpha value is -1.81. The summed E-state index contributed by atoms with van der Waals surface area (Å²) in [6.07, 6.45) is 3.13. The van der Waals surface area contributed by atoms with Gasteiger partial charge in [0.05, 0.1) is 0 Å². The number of halogens is 2. The standard InChI is InChI=1S/C17H20F2N2/c1-3-8-21-16(13-7-9-20-12(2)10-13)11-14-5-4-6-15(18)17(14)19/h4-7,9-10,16,21H,3,8,11H2,1-2H3. The number of aryl methyl sites for hydroxylation is 1. The predicted octanol–water partition coefficient (Wildman–Crippen LogP) is 3.95. The molecule has 0 aliphatic carbocycles. The van der Waals surface area contributed by atoms with Crippen molar-refractivity contribution >= 4 is 0 Å². The van der Waals surface area contributed by atoms with Crippen molar-refractivity contribution in [2.45, 2.75) is 32.7 Å². The second-order valence-electron chi connectivity index (χ2n) is 5.15. The lowest BCUT2D eigenvalue weighted by Gasteiger charge is -2.20. The summed E-state index contributed by atoms with van der Waals surface area (Å²) in [5.41, 5.74) is 2.34. The van der Waals surface area contributed by atoms with Gasteiger partial charge in [-0.25, -0.2) is 8.78 Å². The monoisotopic (exact) mass is 290 g/mol. The molecule has 1 aromatic heterocycles. The second kappa shape index (κ2) is 7.27. The smallest absolute Gasteiger partial charge is 0.162 e. The van der Waals surface area contributed by atoms with E-state index < -0.39 is 11.6 Å². The van der Waals surface area contributed by atoms with Gasteiger partial charge in [0.2, 0.25) is 0 Å². The average molecular weight is 290 g/mol. The molecule has 1 atom stereocenters. The molecule has 21 heavy (non-hydrogen) atoms. The maximum Gasteiger partial charge on any atom is 0.162 e. The third kappa shape index (κ3) is 4.08. The van der Waals surface area contributed by atoms with Gasteiger partial charge in [-0.3, -0.25) is 4.98 Å². The minimum absolute atomic E-state index is 0.0528. The highest BCUT2D eigenvalue weighted by Crippen LogP contribution is 2.21. The zero-order valence-electron chi connectivity index (χ0n) is 12.4. The lowest BCUT2D eigenvalue weighted by molar-refractivity contribution is 0.477. The van der Waals surface area contributed by atoms with E-state index in [1.54, 1.807) is 18.3 Å². The van der Waals surface area contributed by atoms with Crippen LogP contribution in [0.3, 0.4) is 0 Å². The maximum atomic E-state index is 13.9. The molecule has 2 rings (SSSR count). The predicted molar refractivity (Wildman–Crippen MR) is 80.1 cm³/mol. The minimum atomic E-state index is -0.798. The Bertz CT molecular complexity index is 599. The molecule has 1 heterocycles. The summed E-state index contributed by atoms with van der Waals surface area (Å²) in [6.45, 7) is 4.82. The topological polar surface area (TPSA) is 24.9 Å². The zero-order valence-corrected chi connectivity index (χ0v) is 12.4. The Morgan fingerprint density at radius 2 is 2.05 bits per heavy atom. The third-order valence-electron chi connectivity index (χ3n) is 3.42. The van der Waals surface area contributed by atoms with E-state index in [1.807, 2.05) is 19.1 Å². The molecule has 0 saturated carbocycles. The van der Waals surface area contributed by atoms with Crippen LogP contribution in [0.15, 0.2) is 36.5 Å². The van der Waals surface area contributed by atoms with Gasteiger partial charge in [-0.1, -0.05) is 19.1 Å². The molecule has 112 valence electrons. The van der Waals surface area contributed by atoms with Gasteiger partial charge in [0.25, 0.3) is 0 Å². The Morgan fingerprint density at radius 3 is 2.76 bits per heavy atom. The van der Waals surface area contributed by atoms with E-state index in [9.17, 15) is 8.78 Å². The van der Waals surface area contributed by atoms with Crippen molar-refractivity contribution < 1.29 is 8.78 Å². The molecule has 4 heteroatoms. The number of benzene rings is 1. The number of aromatic nitrogens is 1. The van der Waals surface area contributed by atoms with Crippen LogP contribution in [-0.4, -0.2) is 11.5 Å². The number of pyridine rings is 1. The molecule has 0 amide bonds. The molecular weight excluding hydrogens is 270 g/mol. The Kier molecular flexibility index (Phi) is 5.39. The van der Waals surface area contributed by atoms with Gasteiger partial charge in [-0.05, 0) is 55.6 Å². The number of nitrogens with one attached hydrogen (secondary N) is 1. The summed E-state index contributed by atoms with van der Waals surface area (Å²) in [6, 6.07) is 8.16. The highest BCUT2D eigenvalue weighted by molar-refractivity contribution is 5.25. The largest absolute Gasteiger partial charge is 0.310 e. The van der Waals surface area contributed by atoms with Crippen molar-refractivity contribution in [2.75, 3.05) is 6.54 Å². The molecule has 0 bridgehead atoms. The number of nitrogens with zero attached hydrogens (tertiary/aromatic N) is 1. The Labute approximate surface area is 124 Å². The normalized spacial score (nSPS) is 12.4. The van der Waals surface area contributed by atoms with Gasteiger partial charge in [0, 0.05) is 17.9 Å². The van der Waals surface area contributed by atoms with Crippen LogP contribution in [0.4, 0.5) is 8.78 Å². The summed E-state index contributed by atoms with van der Waals surface area (Å²) in [4.78, 5) is 4.18.